The van der Waals surface area contributed by atoms with Crippen LogP contribution in [0.1, 0.15) is 33.4 Å². The Hall–Kier alpha value is -3.52. The summed E-state index contributed by atoms with van der Waals surface area (Å²) in [6.45, 7) is 0. The molecule has 0 saturated heterocycles. The zero-order valence-electron chi connectivity index (χ0n) is 33.5. The Morgan fingerprint density at radius 2 is 0.391 bits per heavy atom. The summed E-state index contributed by atoms with van der Waals surface area (Å²) in [5.41, 5.74) is -7.21. The van der Waals surface area contributed by atoms with Crippen LogP contribution in [0.3, 0.4) is 0 Å². The third kappa shape index (κ3) is 15.2. The molecule has 27 heteroatoms. The van der Waals surface area contributed by atoms with E-state index in [9.17, 15) is 88.2 Å². The minimum atomic E-state index is -4.84. The fraction of sp³-hybridized carbons (Fsp3) is 0.143. The molecule has 69 heavy (non-hydrogen) atoms. The molecule has 0 aliphatic rings. The summed E-state index contributed by atoms with van der Waals surface area (Å²) >= 11 is -3.29. The molecule has 0 amide bonds. The third-order valence-electron chi connectivity index (χ3n) is 9.28. The molecule has 0 spiro atoms. The average Bonchev–Trinajstić information content (AvgIpc) is 3.24. The zero-order chi connectivity index (χ0) is 52.4. The number of benzene rings is 6. The second-order valence-electron chi connectivity index (χ2n) is 14.0. The maximum atomic E-state index is 13.2. The van der Waals surface area contributed by atoms with E-state index in [4.69, 9.17) is 35.7 Å². The van der Waals surface area contributed by atoms with Crippen LogP contribution in [0.5, 0.6) is 0 Å². The normalized spacial score (nSPS) is 13.2. The van der Waals surface area contributed by atoms with E-state index in [0.717, 1.165) is 72.8 Å². The third-order valence-corrected chi connectivity index (χ3v) is 15.4. The quantitative estimate of drug-likeness (QED) is 0.0690. The molecule has 0 atom stereocenters. The van der Waals surface area contributed by atoms with E-state index in [1.807, 2.05) is 0 Å². The fourth-order valence-corrected chi connectivity index (χ4v) is 11.8. The summed E-state index contributed by atoms with van der Waals surface area (Å²) in [4.78, 5) is 0. The molecule has 0 fully saturated rings. The van der Waals surface area contributed by atoms with E-state index in [0.29, 0.717) is 72.8 Å². The van der Waals surface area contributed by atoms with Crippen LogP contribution < -0.4 is 31.8 Å². The SMILES string of the molecule is [Cl][Sn]([Cl])([Cl])[Cl].[OH+]=P(c1cccc(C(F)(F)F)c1)(c1cccc(C(F)(F)F)c1)c1cccc(C(F)(F)F)c1.[OH+]=P(c1cccc(C(F)(F)F)c1)(c1cccc(C(F)(F)F)c1)c1cccc(C(F)(F)F)c1. The molecule has 0 unspecified atom stereocenters. The van der Waals surface area contributed by atoms with Crippen molar-refractivity contribution in [1.82, 2.24) is 0 Å². The second-order valence-corrected chi connectivity index (χ2v) is 45.1. The molecule has 0 heterocycles. The van der Waals surface area contributed by atoms with Crippen molar-refractivity contribution >= 4 is 95.7 Å². The van der Waals surface area contributed by atoms with E-state index in [1.165, 1.54) is 0 Å². The Bertz CT molecular complexity index is 2370. The van der Waals surface area contributed by atoms with Crippen LogP contribution in [-0.4, -0.2) is 23.0 Å². The van der Waals surface area contributed by atoms with Crippen molar-refractivity contribution in [3.63, 3.8) is 0 Å². The van der Waals surface area contributed by atoms with Crippen molar-refractivity contribution in [2.45, 2.75) is 37.1 Å². The van der Waals surface area contributed by atoms with Gasteiger partial charge in [0.1, 0.15) is 0 Å². The molecular weight excluding hydrogens is 1200 g/mol. The van der Waals surface area contributed by atoms with Gasteiger partial charge < -0.3 is 9.13 Å². The van der Waals surface area contributed by atoms with Gasteiger partial charge in [0.25, 0.3) is 0 Å². The van der Waals surface area contributed by atoms with Gasteiger partial charge in [-0.15, -0.1) is 0 Å². The van der Waals surface area contributed by atoms with Crippen LogP contribution in [0.4, 0.5) is 79.0 Å². The van der Waals surface area contributed by atoms with Crippen LogP contribution >= 0.6 is 50.0 Å². The van der Waals surface area contributed by atoms with E-state index >= 15 is 0 Å². The number of rotatable bonds is 6. The molecular formula is C42H26Cl4F18O2P2Sn+2. The second kappa shape index (κ2) is 21.3. The molecule has 0 radical (unpaired) electrons. The molecule has 6 rings (SSSR count). The largest absolute Gasteiger partial charge is 0.416 e. The van der Waals surface area contributed by atoms with Gasteiger partial charge in [-0.2, -0.15) is 79.0 Å². The van der Waals surface area contributed by atoms with Gasteiger partial charge in [0.2, 0.25) is 0 Å². The van der Waals surface area contributed by atoms with Gasteiger partial charge in [0.15, 0.2) is 0 Å². The van der Waals surface area contributed by atoms with Crippen molar-refractivity contribution in [2.75, 3.05) is 0 Å². The van der Waals surface area contributed by atoms with E-state index in [2.05, 4.69) is 0 Å². The first-order valence-corrected chi connectivity index (χ1v) is 36.3. The van der Waals surface area contributed by atoms with Crippen molar-refractivity contribution in [3.8, 4) is 0 Å². The summed E-state index contributed by atoms with van der Waals surface area (Å²) in [7, 11) is 11.5. The van der Waals surface area contributed by atoms with Crippen LogP contribution in [0.15, 0.2) is 146 Å². The molecule has 372 valence electrons. The predicted octanol–water partition coefficient (Wildman–Crippen LogP) is 15.0. The standard InChI is InChI=1S/2C21H12F9OP.4ClH.Sn/c2*22-19(23,24)13-4-1-7-16(10-13)32(31,17-8-2-5-14(11-17)20(25,26)27)18-9-3-6-15(12-18)21(28,29)30;;;;;/h2*1-12H;4*1H;/q;;;;;;+4/p-2. The average molecular weight is 1230 g/mol. The Balaban J connectivity index is 0.000000274. The molecule has 6 aromatic carbocycles. The molecule has 2 nitrogen and oxygen atoms in total. The number of hydrogen-bond acceptors (Lipinski definition) is 0. The minimum absolute atomic E-state index is 0.439. The summed E-state index contributed by atoms with van der Waals surface area (Å²) in [5.74, 6) is 0. The zero-order valence-corrected chi connectivity index (χ0v) is 41.1. The minimum Gasteiger partial charge on any atom is -0.307 e. The Kier molecular flexibility index (Phi) is 17.9. The Morgan fingerprint density at radius 3 is 0.493 bits per heavy atom. The van der Waals surface area contributed by atoms with Gasteiger partial charge in [-0.25, -0.2) is 0 Å². The molecule has 0 aliphatic carbocycles. The van der Waals surface area contributed by atoms with Gasteiger partial charge in [-0.05, 0) is 109 Å². The number of alkyl halides is 18. The van der Waals surface area contributed by atoms with E-state index in [-0.39, 0.29) is 0 Å². The number of hydrogen-bond donors (Lipinski definition) is 0. The topological polar surface area (TPSA) is 42.8 Å². The van der Waals surface area contributed by atoms with Gasteiger partial charge >= 0.3 is 101 Å². The van der Waals surface area contributed by atoms with E-state index < -0.39 is 130 Å². The summed E-state index contributed by atoms with van der Waals surface area (Å²) in [6, 6.07) is 19.2. The summed E-state index contributed by atoms with van der Waals surface area (Å²) in [5, 5.41) is -2.63. The fourth-order valence-electron chi connectivity index (χ4n) is 6.20. The van der Waals surface area contributed by atoms with Crippen LogP contribution in [0.25, 0.3) is 0 Å². The monoisotopic (exact) mass is 1230 g/mol. The van der Waals surface area contributed by atoms with Crippen molar-refractivity contribution < 1.29 is 88.2 Å². The maximum absolute atomic E-state index is 13.2. The Labute approximate surface area is 397 Å². The van der Waals surface area contributed by atoms with Crippen LogP contribution in [-0.2, 0) is 37.1 Å². The predicted molar refractivity (Wildman–Crippen MR) is 233 cm³/mol. The number of halogens is 22. The first-order chi connectivity index (χ1) is 31.3. The molecule has 0 saturated carbocycles. The molecule has 2 N–H and O–H groups in total. The molecule has 0 aliphatic heterocycles. The maximum Gasteiger partial charge on any atom is 0.416 e. The van der Waals surface area contributed by atoms with Gasteiger partial charge in [0.05, 0.1) is 65.2 Å². The Morgan fingerprint density at radius 1 is 0.275 bits per heavy atom. The van der Waals surface area contributed by atoms with Gasteiger partial charge in [0, 0.05) is 0 Å². The molecule has 6 aromatic rings. The first kappa shape index (κ1) is 58.1. The summed E-state index contributed by atoms with van der Waals surface area (Å²) in [6.07, 6.45) is -29.1. The van der Waals surface area contributed by atoms with Crippen molar-refractivity contribution in [2.24, 2.45) is 0 Å². The van der Waals surface area contributed by atoms with Crippen molar-refractivity contribution in [1.29, 1.82) is 0 Å². The first-order valence-electron chi connectivity index (χ1n) is 18.3. The summed E-state index contributed by atoms with van der Waals surface area (Å²) < 4.78 is 261. The van der Waals surface area contributed by atoms with E-state index in [1.54, 1.807) is 0 Å². The van der Waals surface area contributed by atoms with Crippen LogP contribution in [0, 0.1) is 0 Å². The van der Waals surface area contributed by atoms with Gasteiger partial charge in [-0.3, -0.25) is 0 Å². The molecule has 0 aromatic heterocycles. The van der Waals surface area contributed by atoms with Gasteiger partial charge in [-0.1, -0.05) is 36.4 Å². The van der Waals surface area contributed by atoms with Crippen LogP contribution in [0.2, 0.25) is 0 Å². The van der Waals surface area contributed by atoms with Crippen molar-refractivity contribution in [3.05, 3.63) is 179 Å². The smallest absolute Gasteiger partial charge is 0.307 e. The molecule has 0 bridgehead atoms.